The summed E-state index contributed by atoms with van der Waals surface area (Å²) in [6.45, 7) is 3.80. The smallest absolute Gasteiger partial charge is 0.341 e. The molecular formula is C10H12N2O2. The number of carbonyl (C=O) groups is 1. The third kappa shape index (κ3) is 1.07. The summed E-state index contributed by atoms with van der Waals surface area (Å²) in [6.07, 6.45) is 0.697. The minimum atomic E-state index is -0.609. The average molecular weight is 192 g/mol. The number of pyridine rings is 1. The third-order valence-corrected chi connectivity index (χ3v) is 2.63. The summed E-state index contributed by atoms with van der Waals surface area (Å²) in [7, 11) is 0. The zero-order chi connectivity index (χ0) is 10.3. The fourth-order valence-electron chi connectivity index (χ4n) is 1.59. The maximum Gasteiger partial charge on any atom is 0.341 e. The molecule has 2 N–H and O–H groups in total. The van der Waals surface area contributed by atoms with Crippen molar-refractivity contribution in [3.8, 4) is 0 Å². The molecule has 0 amide bonds. The number of anilines is 1. The summed E-state index contributed by atoms with van der Waals surface area (Å²) in [4.78, 5) is 15.6. The van der Waals surface area contributed by atoms with Gasteiger partial charge in [0.1, 0.15) is 11.5 Å². The molecule has 4 nitrogen and oxygen atoms in total. The zero-order valence-electron chi connectivity index (χ0n) is 8.20. The lowest BCUT2D eigenvalue weighted by atomic mass is 9.97. The van der Waals surface area contributed by atoms with Gasteiger partial charge in [-0.15, -0.1) is 0 Å². The van der Waals surface area contributed by atoms with Crippen molar-refractivity contribution in [1.82, 2.24) is 4.98 Å². The Labute approximate surface area is 82.1 Å². The van der Waals surface area contributed by atoms with E-state index in [1.54, 1.807) is 12.1 Å². The van der Waals surface area contributed by atoms with Crippen LogP contribution in [0.1, 0.15) is 36.3 Å². The highest BCUT2D eigenvalue weighted by molar-refractivity contribution is 5.94. The molecule has 1 aliphatic heterocycles. The van der Waals surface area contributed by atoms with Gasteiger partial charge in [0.05, 0.1) is 5.56 Å². The molecule has 0 saturated heterocycles. The van der Waals surface area contributed by atoms with Crippen molar-refractivity contribution < 1.29 is 9.53 Å². The Morgan fingerprint density at radius 1 is 1.57 bits per heavy atom. The molecule has 0 spiro atoms. The van der Waals surface area contributed by atoms with Gasteiger partial charge in [0, 0.05) is 0 Å². The molecule has 0 fully saturated rings. The number of ether oxygens (including phenoxy) is 1. The Balaban J connectivity index is 2.62. The molecule has 0 saturated carbocycles. The normalized spacial score (nSPS) is 24.6. The summed E-state index contributed by atoms with van der Waals surface area (Å²) in [5.41, 5.74) is 6.15. The highest BCUT2D eigenvalue weighted by Gasteiger charge is 2.41. The Morgan fingerprint density at radius 2 is 2.29 bits per heavy atom. The first-order valence-corrected chi connectivity index (χ1v) is 4.57. The number of nitrogens with zero attached hydrogens (tertiary/aromatic N) is 1. The quantitative estimate of drug-likeness (QED) is 0.684. The number of aromatic nitrogens is 1. The number of hydrogen-bond acceptors (Lipinski definition) is 4. The van der Waals surface area contributed by atoms with Gasteiger partial charge in [-0.3, -0.25) is 0 Å². The van der Waals surface area contributed by atoms with Crippen molar-refractivity contribution >= 4 is 11.8 Å². The van der Waals surface area contributed by atoms with Crippen molar-refractivity contribution in [3.63, 3.8) is 0 Å². The summed E-state index contributed by atoms with van der Waals surface area (Å²) < 4.78 is 5.27. The molecule has 74 valence electrons. The highest BCUT2D eigenvalue weighted by atomic mass is 16.6. The number of esters is 1. The molecule has 1 aliphatic rings. The average Bonchev–Trinajstić information content (AvgIpc) is 2.40. The van der Waals surface area contributed by atoms with Gasteiger partial charge in [-0.2, -0.15) is 0 Å². The van der Waals surface area contributed by atoms with Crippen LogP contribution in [-0.4, -0.2) is 11.0 Å². The molecule has 2 rings (SSSR count). The van der Waals surface area contributed by atoms with Gasteiger partial charge < -0.3 is 10.5 Å². The number of carbonyl (C=O) groups excluding carboxylic acids is 1. The van der Waals surface area contributed by atoms with Crippen molar-refractivity contribution in [2.45, 2.75) is 25.9 Å². The van der Waals surface area contributed by atoms with E-state index >= 15 is 0 Å². The molecule has 0 aliphatic carbocycles. The van der Waals surface area contributed by atoms with E-state index < -0.39 is 5.60 Å². The van der Waals surface area contributed by atoms with Crippen LogP contribution >= 0.6 is 0 Å². The van der Waals surface area contributed by atoms with Crippen LogP contribution in [0.25, 0.3) is 0 Å². The maximum absolute atomic E-state index is 11.4. The fraction of sp³-hybridized carbons (Fsp3) is 0.400. The standard InChI is InChI=1S/C10H12N2O2/c1-3-10(2)8-6(9(13)14-10)4-5-7(11)12-8/h4-5H,3H2,1-2H3,(H2,11,12)/t10-/m1/s1. The Hall–Kier alpha value is -1.58. The predicted octanol–water partition coefficient (Wildman–Crippen LogP) is 1.46. The third-order valence-electron chi connectivity index (χ3n) is 2.63. The molecular weight excluding hydrogens is 180 g/mol. The lowest BCUT2D eigenvalue weighted by Crippen LogP contribution is -2.21. The van der Waals surface area contributed by atoms with Crippen molar-refractivity contribution in [1.29, 1.82) is 0 Å². The lowest BCUT2D eigenvalue weighted by Gasteiger charge is -2.20. The molecule has 4 heteroatoms. The van der Waals surface area contributed by atoms with E-state index in [4.69, 9.17) is 10.5 Å². The van der Waals surface area contributed by atoms with Gasteiger partial charge in [0.2, 0.25) is 0 Å². The minimum Gasteiger partial charge on any atom is -0.449 e. The second-order valence-electron chi connectivity index (χ2n) is 3.61. The summed E-state index contributed by atoms with van der Waals surface area (Å²) >= 11 is 0. The molecule has 14 heavy (non-hydrogen) atoms. The number of hydrogen-bond donors (Lipinski definition) is 1. The van der Waals surface area contributed by atoms with E-state index in [2.05, 4.69) is 4.98 Å². The van der Waals surface area contributed by atoms with E-state index in [0.29, 0.717) is 23.5 Å². The van der Waals surface area contributed by atoms with Gasteiger partial charge >= 0.3 is 5.97 Å². The maximum atomic E-state index is 11.4. The summed E-state index contributed by atoms with van der Waals surface area (Å²) in [5.74, 6) is 0.110. The van der Waals surface area contributed by atoms with Crippen LogP contribution in [0.5, 0.6) is 0 Å². The molecule has 0 unspecified atom stereocenters. The first-order chi connectivity index (χ1) is 6.57. The lowest BCUT2D eigenvalue weighted by molar-refractivity contribution is -0.00220. The van der Waals surface area contributed by atoms with E-state index in [9.17, 15) is 4.79 Å². The van der Waals surface area contributed by atoms with Crippen LogP contribution < -0.4 is 5.73 Å². The fourth-order valence-corrected chi connectivity index (χ4v) is 1.59. The van der Waals surface area contributed by atoms with Crippen molar-refractivity contribution in [2.24, 2.45) is 0 Å². The first kappa shape index (κ1) is 8.99. The Kier molecular flexibility index (Phi) is 1.74. The van der Waals surface area contributed by atoms with Crippen molar-refractivity contribution in [2.75, 3.05) is 5.73 Å². The SMILES string of the molecule is CC[C@@]1(C)OC(=O)c2ccc(N)nc21. The number of fused-ring (bicyclic) bond motifs is 1. The number of nitrogens with two attached hydrogens (primary N) is 1. The summed E-state index contributed by atoms with van der Waals surface area (Å²) in [5, 5.41) is 0. The van der Waals surface area contributed by atoms with Crippen LogP contribution in [0.3, 0.4) is 0 Å². The molecule has 1 atom stereocenters. The molecule has 2 heterocycles. The predicted molar refractivity (Wildman–Crippen MR) is 51.7 cm³/mol. The Morgan fingerprint density at radius 3 is 2.93 bits per heavy atom. The zero-order valence-corrected chi connectivity index (χ0v) is 8.20. The van der Waals surface area contributed by atoms with Gasteiger partial charge in [-0.25, -0.2) is 9.78 Å². The largest absolute Gasteiger partial charge is 0.449 e. The van der Waals surface area contributed by atoms with E-state index in [1.165, 1.54) is 0 Å². The van der Waals surface area contributed by atoms with Crippen LogP contribution in [0.4, 0.5) is 5.82 Å². The molecule has 0 aromatic carbocycles. The number of cyclic esters (lactones) is 1. The van der Waals surface area contributed by atoms with E-state index in [0.717, 1.165) is 0 Å². The van der Waals surface area contributed by atoms with Crippen LogP contribution in [-0.2, 0) is 10.3 Å². The molecule has 1 aromatic rings. The van der Waals surface area contributed by atoms with Gasteiger partial charge in [-0.05, 0) is 25.5 Å². The van der Waals surface area contributed by atoms with Gasteiger partial charge in [0.25, 0.3) is 0 Å². The monoisotopic (exact) mass is 192 g/mol. The van der Waals surface area contributed by atoms with Crippen LogP contribution in [0, 0.1) is 0 Å². The minimum absolute atomic E-state index is 0.308. The van der Waals surface area contributed by atoms with E-state index in [1.807, 2.05) is 13.8 Å². The van der Waals surface area contributed by atoms with Crippen LogP contribution in [0.15, 0.2) is 12.1 Å². The van der Waals surface area contributed by atoms with Gasteiger partial charge in [-0.1, -0.05) is 6.92 Å². The second kappa shape index (κ2) is 2.70. The van der Waals surface area contributed by atoms with E-state index in [-0.39, 0.29) is 5.97 Å². The van der Waals surface area contributed by atoms with Gasteiger partial charge in [0.15, 0.2) is 5.60 Å². The summed E-state index contributed by atoms with van der Waals surface area (Å²) in [6, 6.07) is 3.28. The van der Waals surface area contributed by atoms with Crippen LogP contribution in [0.2, 0.25) is 0 Å². The number of nitrogen functional groups attached to an aromatic ring is 1. The highest BCUT2D eigenvalue weighted by Crippen LogP contribution is 2.37. The molecule has 0 radical (unpaired) electrons. The van der Waals surface area contributed by atoms with Crippen molar-refractivity contribution in [3.05, 3.63) is 23.4 Å². The molecule has 1 aromatic heterocycles. The first-order valence-electron chi connectivity index (χ1n) is 4.57. The topological polar surface area (TPSA) is 65.2 Å². The number of rotatable bonds is 1. The second-order valence-corrected chi connectivity index (χ2v) is 3.61. The molecule has 0 bridgehead atoms. The Bertz CT molecular complexity index is 403.